The van der Waals surface area contributed by atoms with Crippen LogP contribution in [-0.2, 0) is 32.2 Å². The molecule has 22 heteroatoms. The van der Waals surface area contributed by atoms with Crippen LogP contribution >= 0.6 is 38.1 Å². The minimum Gasteiger partial charge on any atom is -0.382 e. The lowest BCUT2D eigenvalue weighted by Crippen LogP contribution is -2.28. The number of thiol groups is 2. The van der Waals surface area contributed by atoms with Crippen LogP contribution in [0.2, 0.25) is 0 Å². The third kappa shape index (κ3) is 6.64. The number of ether oxygens (including phenoxy) is 2. The zero-order valence-electron chi connectivity index (χ0n) is 22.6. The van der Waals surface area contributed by atoms with Crippen LogP contribution in [0.1, 0.15) is 42.1 Å². The number of primary amides is 1. The summed E-state index contributed by atoms with van der Waals surface area (Å²) in [6.07, 6.45) is 0.254. The molecule has 2 aliphatic heterocycles. The van der Waals surface area contributed by atoms with E-state index >= 15 is 0 Å². The summed E-state index contributed by atoms with van der Waals surface area (Å²) in [4.78, 5) is 33.6. The molecule has 236 valence electrons. The number of nitrogens with zero attached hydrogens (tertiary/aromatic N) is 7. The number of aromatic nitrogens is 7. The largest absolute Gasteiger partial charge is 0.386 e. The van der Waals surface area contributed by atoms with Gasteiger partial charge in [0, 0.05) is 6.42 Å². The van der Waals surface area contributed by atoms with Crippen molar-refractivity contribution in [3.63, 3.8) is 0 Å². The van der Waals surface area contributed by atoms with E-state index in [0.717, 1.165) is 0 Å². The van der Waals surface area contributed by atoms with Crippen LogP contribution in [0.25, 0.3) is 22.2 Å². The van der Waals surface area contributed by atoms with Crippen LogP contribution in [0.5, 0.6) is 0 Å². The summed E-state index contributed by atoms with van der Waals surface area (Å²) in [5.74, 6) is -0.445. The lowest BCUT2D eigenvalue weighted by Gasteiger charge is -2.23. The second-order valence-corrected chi connectivity index (χ2v) is 15.6. The van der Waals surface area contributed by atoms with Crippen molar-refractivity contribution in [2.24, 2.45) is 5.73 Å². The fraction of sp³-hybridized carbons (Fsp3) is 0.455. The van der Waals surface area contributed by atoms with Gasteiger partial charge in [0.2, 0.25) is 0 Å². The van der Waals surface area contributed by atoms with E-state index in [1.807, 2.05) is 0 Å². The molecular formula is C22H27N9O9P2S2. The number of fused-ring (bicyclic) bond motifs is 2. The van der Waals surface area contributed by atoms with Crippen molar-refractivity contribution in [3.05, 3.63) is 36.4 Å². The minimum absolute atomic E-state index is 0.105. The summed E-state index contributed by atoms with van der Waals surface area (Å²) in [5.41, 5.74) is 13.3. The van der Waals surface area contributed by atoms with E-state index in [1.165, 1.54) is 12.7 Å². The summed E-state index contributed by atoms with van der Waals surface area (Å²) in [6, 6.07) is 4.99. The number of amides is 1. The number of carbonyl (C=O) groups excluding carboxylic acids is 1. The summed E-state index contributed by atoms with van der Waals surface area (Å²) in [6.45, 7) is -8.72. The molecule has 0 aliphatic carbocycles. The Labute approximate surface area is 259 Å². The van der Waals surface area contributed by atoms with Gasteiger partial charge in [-0.1, -0.05) is 35.8 Å². The van der Waals surface area contributed by atoms with Gasteiger partial charge < -0.3 is 25.8 Å². The number of carbonyl (C=O) groups is 1. The molecular weight excluding hydrogens is 660 g/mol. The Morgan fingerprint density at radius 1 is 1.09 bits per heavy atom. The van der Waals surface area contributed by atoms with Gasteiger partial charge in [-0.05, 0) is 25.0 Å². The number of nitrogens with two attached hydrogens (primary N) is 2. The van der Waals surface area contributed by atoms with Crippen LogP contribution in [0.15, 0.2) is 30.9 Å². The molecule has 0 radical (unpaired) electrons. The average molecular weight is 688 g/mol. The molecule has 6 rings (SSSR count). The highest BCUT2D eigenvalue weighted by molar-refractivity contribution is 8.44. The average Bonchev–Trinajstić information content (AvgIpc) is 3.75. The van der Waals surface area contributed by atoms with Gasteiger partial charge in [0.05, 0.1) is 36.7 Å². The fourth-order valence-electron chi connectivity index (χ4n) is 5.13. The topological polar surface area (TPSA) is 244 Å². The Hall–Kier alpha value is -2.64. The van der Waals surface area contributed by atoms with E-state index in [0.29, 0.717) is 35.0 Å². The van der Waals surface area contributed by atoms with Crippen LogP contribution in [0.3, 0.4) is 0 Å². The number of hydrogen-bond acceptors (Lipinski definition) is 14. The standard InChI is InChI=1S/C22H27N9O9P2S2/c23-20-19-22(26-9-25-20)30(10-27-19)17-6-14(15(39-17)8-36-41(33,34)43)40-42(35,44)37-7-11-4-5-16(38-11)31-13-3-1-2-12(21(24)32)18(13)28-29-31/h1-3,9-11,14-17H,4-8H2,(H2,24,32)(H,35,44)(H2,23,25,26)(H2,33,34,43)/t11-,14-,15+,16+,17+,42?/m0/s1. The first kappa shape index (κ1) is 31.3. The summed E-state index contributed by atoms with van der Waals surface area (Å²) < 4.78 is 56.5. The third-order valence-electron chi connectivity index (χ3n) is 7.10. The van der Waals surface area contributed by atoms with E-state index < -0.39 is 56.9 Å². The van der Waals surface area contributed by atoms with Crippen molar-refractivity contribution in [1.82, 2.24) is 34.5 Å². The van der Waals surface area contributed by atoms with Gasteiger partial charge in [-0.2, -0.15) is 0 Å². The van der Waals surface area contributed by atoms with Crippen molar-refractivity contribution in [1.29, 1.82) is 0 Å². The highest BCUT2D eigenvalue weighted by atomic mass is 32.7. The van der Waals surface area contributed by atoms with Gasteiger partial charge in [0.25, 0.3) is 5.91 Å². The lowest BCUT2D eigenvalue weighted by molar-refractivity contribution is -0.0398. The quantitative estimate of drug-likeness (QED) is 0.112. The first-order chi connectivity index (χ1) is 20.9. The molecule has 1 aromatic carbocycles. The Morgan fingerprint density at radius 2 is 1.91 bits per heavy atom. The zero-order valence-corrected chi connectivity index (χ0v) is 26.2. The molecule has 4 aromatic rings. The van der Waals surface area contributed by atoms with Crippen molar-refractivity contribution < 1.29 is 41.9 Å². The van der Waals surface area contributed by atoms with Crippen molar-refractivity contribution >= 4 is 72.0 Å². The van der Waals surface area contributed by atoms with E-state index in [9.17, 15) is 18.8 Å². The first-order valence-corrected chi connectivity index (χ1v) is 18.5. The minimum atomic E-state index is -4.17. The van der Waals surface area contributed by atoms with Gasteiger partial charge in [0.1, 0.15) is 35.8 Å². The second-order valence-electron chi connectivity index (χ2n) is 10.0. The van der Waals surface area contributed by atoms with Gasteiger partial charge in [-0.15, -0.1) is 5.10 Å². The molecule has 18 nitrogen and oxygen atoms in total. The summed E-state index contributed by atoms with van der Waals surface area (Å²) >= 11 is 7.69. The first-order valence-electron chi connectivity index (χ1n) is 13.1. The monoisotopic (exact) mass is 687 g/mol. The van der Waals surface area contributed by atoms with E-state index in [-0.39, 0.29) is 24.4 Å². The second kappa shape index (κ2) is 12.3. The van der Waals surface area contributed by atoms with Crippen molar-refractivity contribution in [3.8, 4) is 0 Å². The molecule has 0 spiro atoms. The molecule has 0 bridgehead atoms. The summed E-state index contributed by atoms with van der Waals surface area (Å²) in [5, 5.41) is 8.22. The highest BCUT2D eigenvalue weighted by Crippen LogP contribution is 2.57. The Kier molecular flexibility index (Phi) is 8.75. The Morgan fingerprint density at radius 3 is 2.68 bits per heavy atom. The van der Waals surface area contributed by atoms with Crippen molar-refractivity contribution in [2.45, 2.75) is 50.0 Å². The van der Waals surface area contributed by atoms with Crippen LogP contribution in [0.4, 0.5) is 5.82 Å². The van der Waals surface area contributed by atoms with Gasteiger partial charge in [-0.25, -0.2) is 28.8 Å². The van der Waals surface area contributed by atoms with E-state index in [2.05, 4.69) is 49.8 Å². The number of nitrogen functional groups attached to an aromatic ring is 1. The maximum atomic E-state index is 13.3. The lowest BCUT2D eigenvalue weighted by atomic mass is 10.1. The molecule has 5 heterocycles. The SMILES string of the molecule is NC(=O)c1cccc2c1nnn2[C@H]1CC[C@@H](COP(=O)(S)O[C@H]2C[C@H](n3cnc4c(N)ncnc43)O[C@@H]2COP(=O)(O)S)O1. The smallest absolute Gasteiger partial charge is 0.382 e. The molecule has 2 fully saturated rings. The molecule has 7 atom stereocenters. The molecule has 44 heavy (non-hydrogen) atoms. The number of hydrogen-bond donors (Lipinski definition) is 5. The van der Waals surface area contributed by atoms with Crippen LogP contribution in [0, 0.1) is 0 Å². The Balaban J connectivity index is 1.11. The summed E-state index contributed by atoms with van der Waals surface area (Å²) in [7, 11) is 0. The predicted octanol–water partition coefficient (Wildman–Crippen LogP) is 2.40. The maximum absolute atomic E-state index is 13.3. The van der Waals surface area contributed by atoms with Gasteiger partial charge in [-0.3, -0.25) is 22.9 Å². The predicted molar refractivity (Wildman–Crippen MR) is 160 cm³/mol. The van der Waals surface area contributed by atoms with Crippen LogP contribution < -0.4 is 11.5 Å². The Bertz CT molecular complexity index is 1800. The number of benzene rings is 1. The van der Waals surface area contributed by atoms with Crippen LogP contribution in [-0.4, -0.2) is 76.8 Å². The van der Waals surface area contributed by atoms with Crippen molar-refractivity contribution in [2.75, 3.05) is 18.9 Å². The zero-order chi connectivity index (χ0) is 31.2. The number of imidazole rings is 1. The number of anilines is 1. The third-order valence-corrected chi connectivity index (χ3v) is 9.58. The van der Waals surface area contributed by atoms with Gasteiger partial charge >= 0.3 is 13.6 Å². The molecule has 2 saturated heterocycles. The maximum Gasteiger partial charge on any atom is 0.386 e. The normalized spacial score (nSPS) is 26.7. The molecule has 2 unspecified atom stereocenters. The van der Waals surface area contributed by atoms with Gasteiger partial charge in [0.15, 0.2) is 17.7 Å². The highest BCUT2D eigenvalue weighted by Gasteiger charge is 2.43. The molecule has 1 amide bonds. The number of rotatable bonds is 11. The molecule has 0 saturated carbocycles. The fourth-order valence-corrected chi connectivity index (χ4v) is 7.21. The van der Waals surface area contributed by atoms with E-state index in [1.54, 1.807) is 27.4 Å². The van der Waals surface area contributed by atoms with E-state index in [4.69, 9.17) is 34.5 Å². The molecule has 2 aliphatic rings. The molecule has 5 N–H and O–H groups in total. The molecule has 3 aromatic heterocycles.